The number of carboxylic acid groups (broad SMARTS) is 1. The van der Waals surface area contributed by atoms with Gasteiger partial charge in [-0.25, -0.2) is 9.48 Å². The second kappa shape index (κ2) is 3.57. The van der Waals surface area contributed by atoms with Gasteiger partial charge in [0.15, 0.2) is 5.69 Å². The van der Waals surface area contributed by atoms with E-state index in [1.807, 2.05) is 31.2 Å². The summed E-state index contributed by atoms with van der Waals surface area (Å²) in [6, 6.07) is 9.18. The van der Waals surface area contributed by atoms with Gasteiger partial charge in [0.1, 0.15) is 0 Å². The van der Waals surface area contributed by atoms with Crippen LogP contribution in [0, 0.1) is 6.92 Å². The summed E-state index contributed by atoms with van der Waals surface area (Å²) >= 11 is 0. The maximum Gasteiger partial charge on any atom is 0.356 e. The Morgan fingerprint density at radius 2 is 1.93 bits per heavy atom. The van der Waals surface area contributed by atoms with Crippen LogP contribution < -0.4 is 0 Å². The van der Waals surface area contributed by atoms with Gasteiger partial charge in [-0.2, -0.15) is 5.10 Å². The van der Waals surface area contributed by atoms with E-state index in [2.05, 4.69) is 5.10 Å². The first-order valence-corrected chi connectivity index (χ1v) is 4.53. The summed E-state index contributed by atoms with van der Waals surface area (Å²) in [7, 11) is 0. The molecule has 1 aromatic carbocycles. The molecule has 0 aliphatic heterocycles. The first-order valence-electron chi connectivity index (χ1n) is 4.53. The normalized spacial score (nSPS) is 10.2. The summed E-state index contributed by atoms with van der Waals surface area (Å²) in [5.74, 6) is -1.01. The van der Waals surface area contributed by atoms with E-state index in [1.165, 1.54) is 6.07 Å². The minimum Gasteiger partial charge on any atom is -0.476 e. The van der Waals surface area contributed by atoms with Crippen LogP contribution in [-0.2, 0) is 0 Å². The summed E-state index contributed by atoms with van der Waals surface area (Å²) in [6.45, 7) is 2.00. The third-order valence-electron chi connectivity index (χ3n) is 2.11. The van der Waals surface area contributed by atoms with E-state index in [-0.39, 0.29) is 5.69 Å². The van der Waals surface area contributed by atoms with Crippen molar-refractivity contribution in [3.8, 4) is 5.69 Å². The largest absolute Gasteiger partial charge is 0.476 e. The highest BCUT2D eigenvalue weighted by Gasteiger charge is 2.06. The number of carbonyl (C=O) groups is 1. The van der Waals surface area contributed by atoms with Crippen molar-refractivity contribution in [1.82, 2.24) is 9.78 Å². The molecule has 2 aromatic rings. The van der Waals surface area contributed by atoms with E-state index in [0.29, 0.717) is 0 Å². The van der Waals surface area contributed by atoms with Crippen LogP contribution in [0.25, 0.3) is 5.69 Å². The van der Waals surface area contributed by atoms with E-state index < -0.39 is 5.97 Å². The fourth-order valence-electron chi connectivity index (χ4n) is 1.28. The van der Waals surface area contributed by atoms with Crippen LogP contribution in [0.2, 0.25) is 0 Å². The molecule has 0 atom stereocenters. The third kappa shape index (κ3) is 1.88. The average Bonchev–Trinajstić information content (AvgIpc) is 2.68. The number of hydrogen-bond acceptors (Lipinski definition) is 2. The van der Waals surface area contributed by atoms with Crippen molar-refractivity contribution in [3.63, 3.8) is 0 Å². The predicted molar refractivity (Wildman–Crippen MR) is 55.3 cm³/mol. The molecule has 1 heterocycles. The molecule has 4 heteroatoms. The molecule has 0 fully saturated rings. The van der Waals surface area contributed by atoms with Crippen molar-refractivity contribution in [3.05, 3.63) is 47.8 Å². The molecule has 0 aliphatic rings. The number of aromatic nitrogens is 2. The molecule has 0 saturated heterocycles. The van der Waals surface area contributed by atoms with Gasteiger partial charge >= 0.3 is 5.97 Å². The molecule has 4 nitrogen and oxygen atoms in total. The first kappa shape index (κ1) is 9.45. The molecule has 2 rings (SSSR count). The Balaban J connectivity index is 2.37. The van der Waals surface area contributed by atoms with Crippen LogP contribution in [0.1, 0.15) is 16.1 Å². The van der Waals surface area contributed by atoms with Gasteiger partial charge in [-0.15, -0.1) is 0 Å². The highest BCUT2D eigenvalue weighted by atomic mass is 16.4. The molecule has 0 saturated carbocycles. The van der Waals surface area contributed by atoms with Gasteiger partial charge in [0.2, 0.25) is 0 Å². The molecule has 1 N–H and O–H groups in total. The van der Waals surface area contributed by atoms with Gasteiger partial charge < -0.3 is 5.11 Å². The standard InChI is InChI=1S/C11H10N2O2/c1-8-2-4-9(5-3-8)13-7-6-10(12-13)11(14)15/h2-7H,1H3,(H,14,15). The Morgan fingerprint density at radius 3 is 2.47 bits per heavy atom. The highest BCUT2D eigenvalue weighted by Crippen LogP contribution is 2.08. The zero-order valence-corrected chi connectivity index (χ0v) is 8.21. The highest BCUT2D eigenvalue weighted by molar-refractivity contribution is 5.85. The molecule has 0 aliphatic carbocycles. The minimum absolute atomic E-state index is 0.0515. The molecule has 0 bridgehead atoms. The molecule has 0 radical (unpaired) electrons. The van der Waals surface area contributed by atoms with Crippen LogP contribution in [-0.4, -0.2) is 20.9 Å². The molecule has 15 heavy (non-hydrogen) atoms. The second-order valence-electron chi connectivity index (χ2n) is 3.29. The quantitative estimate of drug-likeness (QED) is 0.808. The Bertz CT molecular complexity index is 486. The third-order valence-corrected chi connectivity index (χ3v) is 2.11. The first-order chi connectivity index (χ1) is 7.16. The molecule has 76 valence electrons. The van der Waals surface area contributed by atoms with Gasteiger partial charge in [0.25, 0.3) is 0 Å². The number of carboxylic acids is 1. The number of aryl methyl sites for hydroxylation is 1. The van der Waals surface area contributed by atoms with E-state index in [0.717, 1.165) is 11.3 Å². The Morgan fingerprint density at radius 1 is 1.27 bits per heavy atom. The van der Waals surface area contributed by atoms with Crippen LogP contribution in [0.3, 0.4) is 0 Å². The molecular formula is C11H10N2O2. The topological polar surface area (TPSA) is 55.1 Å². The smallest absolute Gasteiger partial charge is 0.356 e. The van der Waals surface area contributed by atoms with E-state index in [4.69, 9.17) is 5.11 Å². The SMILES string of the molecule is Cc1ccc(-n2ccc(C(=O)O)n2)cc1. The Hall–Kier alpha value is -2.10. The summed E-state index contributed by atoms with van der Waals surface area (Å²) in [6.07, 6.45) is 1.63. The molecular weight excluding hydrogens is 192 g/mol. The summed E-state index contributed by atoms with van der Waals surface area (Å²) < 4.78 is 1.54. The number of rotatable bonds is 2. The van der Waals surface area contributed by atoms with Crippen LogP contribution in [0.5, 0.6) is 0 Å². The van der Waals surface area contributed by atoms with Gasteiger partial charge in [-0.1, -0.05) is 17.7 Å². The fourth-order valence-corrected chi connectivity index (χ4v) is 1.28. The second-order valence-corrected chi connectivity index (χ2v) is 3.29. The lowest BCUT2D eigenvalue weighted by atomic mass is 10.2. The lowest BCUT2D eigenvalue weighted by Gasteiger charge is -2.00. The van der Waals surface area contributed by atoms with Crippen LogP contribution in [0.15, 0.2) is 36.5 Å². The number of nitrogens with zero attached hydrogens (tertiary/aromatic N) is 2. The maximum absolute atomic E-state index is 10.6. The maximum atomic E-state index is 10.6. The zero-order valence-electron chi connectivity index (χ0n) is 8.21. The number of aromatic carboxylic acids is 1. The van der Waals surface area contributed by atoms with Crippen molar-refractivity contribution in [2.45, 2.75) is 6.92 Å². The lowest BCUT2D eigenvalue weighted by molar-refractivity contribution is 0.0690. The molecule has 0 unspecified atom stereocenters. The van der Waals surface area contributed by atoms with Crippen molar-refractivity contribution in [2.24, 2.45) is 0 Å². The lowest BCUT2D eigenvalue weighted by Crippen LogP contribution is -2.00. The van der Waals surface area contributed by atoms with Gasteiger partial charge in [-0.3, -0.25) is 0 Å². The molecule has 0 amide bonds. The van der Waals surface area contributed by atoms with E-state index >= 15 is 0 Å². The van der Waals surface area contributed by atoms with Crippen molar-refractivity contribution in [2.75, 3.05) is 0 Å². The van der Waals surface area contributed by atoms with Crippen molar-refractivity contribution in [1.29, 1.82) is 0 Å². The summed E-state index contributed by atoms with van der Waals surface area (Å²) in [4.78, 5) is 10.6. The number of hydrogen-bond donors (Lipinski definition) is 1. The predicted octanol–water partition coefficient (Wildman–Crippen LogP) is 1.88. The average molecular weight is 202 g/mol. The van der Waals surface area contributed by atoms with Gasteiger partial charge in [0, 0.05) is 6.20 Å². The Labute approximate surface area is 86.8 Å². The Kier molecular flexibility index (Phi) is 2.25. The molecule has 1 aromatic heterocycles. The summed E-state index contributed by atoms with van der Waals surface area (Å²) in [5.41, 5.74) is 2.06. The molecule has 0 spiro atoms. The minimum atomic E-state index is -1.01. The van der Waals surface area contributed by atoms with Crippen molar-refractivity contribution < 1.29 is 9.90 Å². The fraction of sp³-hybridized carbons (Fsp3) is 0.0909. The van der Waals surface area contributed by atoms with E-state index in [1.54, 1.807) is 10.9 Å². The zero-order chi connectivity index (χ0) is 10.8. The number of benzene rings is 1. The van der Waals surface area contributed by atoms with E-state index in [9.17, 15) is 4.79 Å². The van der Waals surface area contributed by atoms with Crippen LogP contribution in [0.4, 0.5) is 0 Å². The monoisotopic (exact) mass is 202 g/mol. The van der Waals surface area contributed by atoms with Gasteiger partial charge in [0.05, 0.1) is 5.69 Å². The van der Waals surface area contributed by atoms with Gasteiger partial charge in [-0.05, 0) is 25.1 Å². The summed E-state index contributed by atoms with van der Waals surface area (Å²) in [5, 5.41) is 12.6. The van der Waals surface area contributed by atoms with Crippen LogP contribution >= 0.6 is 0 Å². The van der Waals surface area contributed by atoms with Crippen molar-refractivity contribution >= 4 is 5.97 Å².